The SMILES string of the molecule is Cc1ccccc1-n1ncc(C(C)(C)N)c1C. The standard InChI is InChI=1S/C14H19N3/c1-10-7-5-6-8-13(10)17-11(2)12(9-16-17)14(3,4)15/h5-9H,15H2,1-4H3. The van der Waals surface area contributed by atoms with Gasteiger partial charge in [0.05, 0.1) is 11.9 Å². The number of nitrogens with zero attached hydrogens (tertiary/aromatic N) is 2. The summed E-state index contributed by atoms with van der Waals surface area (Å²) >= 11 is 0. The fraction of sp³-hybridized carbons (Fsp3) is 0.357. The molecular weight excluding hydrogens is 210 g/mol. The predicted molar refractivity (Wildman–Crippen MR) is 70.3 cm³/mol. The van der Waals surface area contributed by atoms with Crippen molar-refractivity contribution in [1.82, 2.24) is 9.78 Å². The molecule has 2 rings (SSSR count). The molecule has 0 spiro atoms. The molecular formula is C14H19N3. The number of hydrogen-bond acceptors (Lipinski definition) is 2. The second-order valence-electron chi connectivity index (χ2n) is 5.06. The molecule has 1 aromatic heterocycles. The molecule has 2 aromatic rings. The van der Waals surface area contributed by atoms with E-state index in [0.29, 0.717) is 0 Å². The van der Waals surface area contributed by atoms with Crippen LogP contribution in [0.25, 0.3) is 5.69 Å². The molecule has 3 heteroatoms. The molecule has 0 radical (unpaired) electrons. The van der Waals surface area contributed by atoms with Gasteiger partial charge in [-0.15, -0.1) is 0 Å². The van der Waals surface area contributed by atoms with Gasteiger partial charge in [-0.2, -0.15) is 5.10 Å². The van der Waals surface area contributed by atoms with Crippen LogP contribution in [0, 0.1) is 13.8 Å². The van der Waals surface area contributed by atoms with Gasteiger partial charge in [-0.1, -0.05) is 18.2 Å². The summed E-state index contributed by atoms with van der Waals surface area (Å²) in [6.07, 6.45) is 1.86. The summed E-state index contributed by atoms with van der Waals surface area (Å²) in [5.74, 6) is 0. The number of rotatable bonds is 2. The van der Waals surface area contributed by atoms with Crippen molar-refractivity contribution in [3.8, 4) is 5.69 Å². The van der Waals surface area contributed by atoms with Crippen molar-refractivity contribution in [1.29, 1.82) is 0 Å². The van der Waals surface area contributed by atoms with Crippen molar-refractivity contribution in [3.63, 3.8) is 0 Å². The topological polar surface area (TPSA) is 43.8 Å². The normalized spacial score (nSPS) is 11.8. The number of benzene rings is 1. The molecule has 1 aromatic carbocycles. The Morgan fingerprint density at radius 3 is 2.35 bits per heavy atom. The molecule has 0 aliphatic rings. The van der Waals surface area contributed by atoms with E-state index >= 15 is 0 Å². The van der Waals surface area contributed by atoms with Crippen LogP contribution in [0.4, 0.5) is 0 Å². The molecule has 0 unspecified atom stereocenters. The molecule has 0 saturated heterocycles. The van der Waals surface area contributed by atoms with E-state index in [-0.39, 0.29) is 5.54 Å². The van der Waals surface area contributed by atoms with E-state index in [2.05, 4.69) is 31.1 Å². The first kappa shape index (κ1) is 11.9. The molecule has 1 heterocycles. The summed E-state index contributed by atoms with van der Waals surface area (Å²) in [6, 6.07) is 8.22. The van der Waals surface area contributed by atoms with E-state index in [1.165, 1.54) is 5.56 Å². The van der Waals surface area contributed by atoms with Gasteiger partial charge < -0.3 is 5.73 Å². The molecule has 0 bridgehead atoms. The maximum atomic E-state index is 6.13. The Hall–Kier alpha value is -1.61. The summed E-state index contributed by atoms with van der Waals surface area (Å²) in [4.78, 5) is 0. The average molecular weight is 229 g/mol. The highest BCUT2D eigenvalue weighted by atomic mass is 15.3. The second-order valence-corrected chi connectivity index (χ2v) is 5.06. The van der Waals surface area contributed by atoms with E-state index in [0.717, 1.165) is 16.9 Å². The first-order chi connectivity index (χ1) is 7.91. The molecule has 2 N–H and O–H groups in total. The summed E-state index contributed by atoms with van der Waals surface area (Å²) in [7, 11) is 0. The van der Waals surface area contributed by atoms with Crippen LogP contribution >= 0.6 is 0 Å². The predicted octanol–water partition coefficient (Wildman–Crippen LogP) is 2.68. The lowest BCUT2D eigenvalue weighted by atomic mass is 9.96. The van der Waals surface area contributed by atoms with Crippen LogP contribution in [0.2, 0.25) is 0 Å². The summed E-state index contributed by atoms with van der Waals surface area (Å²) in [6.45, 7) is 8.14. The van der Waals surface area contributed by atoms with Crippen molar-refractivity contribution in [2.75, 3.05) is 0 Å². The number of para-hydroxylation sites is 1. The lowest BCUT2D eigenvalue weighted by molar-refractivity contribution is 0.550. The zero-order valence-electron chi connectivity index (χ0n) is 10.9. The minimum atomic E-state index is -0.356. The van der Waals surface area contributed by atoms with Crippen molar-refractivity contribution in [2.45, 2.75) is 33.2 Å². The molecule has 0 amide bonds. The van der Waals surface area contributed by atoms with Crippen LogP contribution in [0.1, 0.15) is 30.7 Å². The van der Waals surface area contributed by atoms with Gasteiger partial charge in [0.2, 0.25) is 0 Å². The van der Waals surface area contributed by atoms with Gasteiger partial charge in [0.1, 0.15) is 0 Å². The Labute approximate surface area is 102 Å². The zero-order chi connectivity index (χ0) is 12.6. The maximum Gasteiger partial charge on any atom is 0.0677 e. The number of aryl methyl sites for hydroxylation is 1. The van der Waals surface area contributed by atoms with Gasteiger partial charge >= 0.3 is 0 Å². The molecule has 0 saturated carbocycles. The molecule has 0 fully saturated rings. The first-order valence-electron chi connectivity index (χ1n) is 5.81. The third kappa shape index (κ3) is 2.11. The molecule has 17 heavy (non-hydrogen) atoms. The summed E-state index contributed by atoms with van der Waals surface area (Å²) in [5, 5.41) is 4.45. The third-order valence-corrected chi connectivity index (χ3v) is 3.05. The highest BCUT2D eigenvalue weighted by Gasteiger charge is 2.21. The minimum absolute atomic E-state index is 0.356. The highest BCUT2D eigenvalue weighted by Crippen LogP contribution is 2.23. The van der Waals surface area contributed by atoms with Gasteiger partial charge in [0, 0.05) is 16.8 Å². The Morgan fingerprint density at radius 1 is 1.18 bits per heavy atom. The van der Waals surface area contributed by atoms with Gasteiger partial charge in [-0.3, -0.25) is 0 Å². The van der Waals surface area contributed by atoms with Crippen LogP contribution in [0.5, 0.6) is 0 Å². The van der Waals surface area contributed by atoms with Crippen LogP contribution in [-0.4, -0.2) is 9.78 Å². The lowest BCUT2D eigenvalue weighted by Gasteiger charge is -2.18. The first-order valence-corrected chi connectivity index (χ1v) is 5.81. The Balaban J connectivity index is 2.56. The molecule has 3 nitrogen and oxygen atoms in total. The molecule has 0 atom stereocenters. The summed E-state index contributed by atoms with van der Waals surface area (Å²) in [5.41, 5.74) is 10.3. The fourth-order valence-corrected chi connectivity index (χ4v) is 2.09. The van der Waals surface area contributed by atoms with E-state index in [4.69, 9.17) is 5.73 Å². The Bertz CT molecular complexity index is 533. The van der Waals surface area contributed by atoms with Crippen molar-refractivity contribution in [3.05, 3.63) is 47.3 Å². The molecule has 0 aliphatic heterocycles. The van der Waals surface area contributed by atoms with Crippen LogP contribution < -0.4 is 5.73 Å². The maximum absolute atomic E-state index is 6.13. The zero-order valence-corrected chi connectivity index (χ0v) is 10.9. The fourth-order valence-electron chi connectivity index (χ4n) is 2.09. The average Bonchev–Trinajstić information content (AvgIpc) is 2.60. The van der Waals surface area contributed by atoms with Crippen molar-refractivity contribution >= 4 is 0 Å². The highest BCUT2D eigenvalue weighted by molar-refractivity contribution is 5.42. The smallest absolute Gasteiger partial charge is 0.0677 e. The monoisotopic (exact) mass is 229 g/mol. The largest absolute Gasteiger partial charge is 0.322 e. The Morgan fingerprint density at radius 2 is 1.82 bits per heavy atom. The summed E-state index contributed by atoms with van der Waals surface area (Å²) < 4.78 is 1.96. The Kier molecular flexibility index (Phi) is 2.79. The number of hydrogen-bond donors (Lipinski definition) is 1. The van der Waals surface area contributed by atoms with Gasteiger partial charge in [0.25, 0.3) is 0 Å². The minimum Gasteiger partial charge on any atom is -0.322 e. The van der Waals surface area contributed by atoms with E-state index in [1.54, 1.807) is 0 Å². The van der Waals surface area contributed by atoms with Crippen molar-refractivity contribution in [2.24, 2.45) is 5.73 Å². The van der Waals surface area contributed by atoms with Gasteiger partial charge in [-0.25, -0.2) is 4.68 Å². The van der Waals surface area contributed by atoms with E-state index < -0.39 is 0 Å². The second kappa shape index (κ2) is 4.00. The van der Waals surface area contributed by atoms with Crippen LogP contribution in [0.3, 0.4) is 0 Å². The van der Waals surface area contributed by atoms with Crippen LogP contribution in [0.15, 0.2) is 30.5 Å². The molecule has 90 valence electrons. The number of aromatic nitrogens is 2. The van der Waals surface area contributed by atoms with Crippen LogP contribution in [-0.2, 0) is 5.54 Å². The molecule has 0 aliphatic carbocycles. The number of nitrogens with two attached hydrogens (primary N) is 1. The van der Waals surface area contributed by atoms with Gasteiger partial charge in [0.15, 0.2) is 0 Å². The quantitative estimate of drug-likeness (QED) is 0.860. The van der Waals surface area contributed by atoms with Crippen molar-refractivity contribution < 1.29 is 0 Å². The third-order valence-electron chi connectivity index (χ3n) is 3.05. The van der Waals surface area contributed by atoms with Gasteiger partial charge in [-0.05, 0) is 39.3 Å². The van der Waals surface area contributed by atoms with E-state index in [1.807, 2.05) is 36.9 Å². The lowest BCUT2D eigenvalue weighted by Crippen LogP contribution is -2.29. The van der Waals surface area contributed by atoms with E-state index in [9.17, 15) is 0 Å².